The van der Waals surface area contributed by atoms with Crippen molar-refractivity contribution in [2.24, 2.45) is 12.8 Å². The Morgan fingerprint density at radius 3 is 2.83 bits per heavy atom. The standard InChI is InChI=1S/C9H15N3/c1-12-6-8(11-7-12)9(2-3-9)4-5-10/h6-7H,2-5,10H2,1H3. The van der Waals surface area contributed by atoms with Crippen molar-refractivity contribution in [3.8, 4) is 0 Å². The minimum Gasteiger partial charge on any atom is -0.340 e. The zero-order chi connectivity index (χ0) is 8.60. The maximum absolute atomic E-state index is 5.56. The minimum absolute atomic E-state index is 0.357. The van der Waals surface area contributed by atoms with Crippen LogP contribution >= 0.6 is 0 Å². The molecule has 1 fully saturated rings. The summed E-state index contributed by atoms with van der Waals surface area (Å²) in [5.74, 6) is 0. The van der Waals surface area contributed by atoms with Gasteiger partial charge in [-0.25, -0.2) is 4.98 Å². The van der Waals surface area contributed by atoms with E-state index in [1.54, 1.807) is 0 Å². The fourth-order valence-corrected chi connectivity index (χ4v) is 1.75. The van der Waals surface area contributed by atoms with Crippen LogP contribution in [0.15, 0.2) is 12.5 Å². The Labute approximate surface area is 72.6 Å². The van der Waals surface area contributed by atoms with E-state index >= 15 is 0 Å². The van der Waals surface area contributed by atoms with Crippen molar-refractivity contribution < 1.29 is 0 Å². The first-order valence-corrected chi connectivity index (χ1v) is 4.45. The molecule has 0 radical (unpaired) electrons. The van der Waals surface area contributed by atoms with Crippen LogP contribution in [0.1, 0.15) is 25.0 Å². The molecular formula is C9H15N3. The highest BCUT2D eigenvalue weighted by Crippen LogP contribution is 2.49. The van der Waals surface area contributed by atoms with Crippen molar-refractivity contribution in [3.63, 3.8) is 0 Å². The molecule has 1 aliphatic rings. The molecule has 1 saturated carbocycles. The van der Waals surface area contributed by atoms with Crippen LogP contribution in [0.25, 0.3) is 0 Å². The van der Waals surface area contributed by atoms with Gasteiger partial charge >= 0.3 is 0 Å². The Balaban J connectivity index is 2.18. The number of nitrogens with two attached hydrogens (primary N) is 1. The smallest absolute Gasteiger partial charge is 0.0947 e. The van der Waals surface area contributed by atoms with E-state index in [1.165, 1.54) is 18.5 Å². The molecule has 3 nitrogen and oxygen atoms in total. The molecule has 0 spiro atoms. The van der Waals surface area contributed by atoms with E-state index in [0.29, 0.717) is 5.41 Å². The highest BCUT2D eigenvalue weighted by molar-refractivity contribution is 5.22. The summed E-state index contributed by atoms with van der Waals surface area (Å²) in [7, 11) is 2.01. The summed E-state index contributed by atoms with van der Waals surface area (Å²) in [5, 5.41) is 0. The Morgan fingerprint density at radius 2 is 2.42 bits per heavy atom. The summed E-state index contributed by atoms with van der Waals surface area (Å²) < 4.78 is 2.01. The number of hydrogen-bond acceptors (Lipinski definition) is 2. The van der Waals surface area contributed by atoms with Gasteiger partial charge in [0.15, 0.2) is 0 Å². The normalized spacial score (nSPS) is 19.5. The van der Waals surface area contributed by atoms with E-state index in [-0.39, 0.29) is 0 Å². The number of hydrogen-bond donors (Lipinski definition) is 1. The van der Waals surface area contributed by atoms with Gasteiger partial charge in [-0.3, -0.25) is 0 Å². The van der Waals surface area contributed by atoms with Crippen molar-refractivity contribution >= 4 is 0 Å². The summed E-state index contributed by atoms with van der Waals surface area (Å²) in [4.78, 5) is 4.38. The molecule has 0 aromatic carbocycles. The number of rotatable bonds is 3. The molecule has 1 aliphatic carbocycles. The first-order valence-electron chi connectivity index (χ1n) is 4.45. The van der Waals surface area contributed by atoms with E-state index in [1.807, 2.05) is 17.9 Å². The second-order valence-corrected chi connectivity index (χ2v) is 3.74. The molecule has 2 N–H and O–H groups in total. The summed E-state index contributed by atoms with van der Waals surface area (Å²) in [5.41, 5.74) is 7.15. The largest absolute Gasteiger partial charge is 0.340 e. The lowest BCUT2D eigenvalue weighted by Gasteiger charge is -2.09. The highest BCUT2D eigenvalue weighted by atomic mass is 15.0. The van der Waals surface area contributed by atoms with Crippen LogP contribution in [-0.2, 0) is 12.5 Å². The molecule has 0 atom stereocenters. The quantitative estimate of drug-likeness (QED) is 0.720. The van der Waals surface area contributed by atoms with Crippen LogP contribution in [-0.4, -0.2) is 16.1 Å². The van der Waals surface area contributed by atoms with E-state index in [9.17, 15) is 0 Å². The first-order chi connectivity index (χ1) is 5.77. The summed E-state index contributed by atoms with van der Waals surface area (Å²) in [6.07, 6.45) is 7.60. The molecular weight excluding hydrogens is 150 g/mol. The molecule has 1 aromatic rings. The fraction of sp³-hybridized carbons (Fsp3) is 0.667. The van der Waals surface area contributed by atoms with Crippen molar-refractivity contribution in [3.05, 3.63) is 18.2 Å². The van der Waals surface area contributed by atoms with E-state index < -0.39 is 0 Å². The van der Waals surface area contributed by atoms with Crippen molar-refractivity contribution in [1.82, 2.24) is 9.55 Å². The maximum Gasteiger partial charge on any atom is 0.0947 e. The Hall–Kier alpha value is -0.830. The Morgan fingerprint density at radius 1 is 1.67 bits per heavy atom. The predicted molar refractivity (Wildman–Crippen MR) is 47.8 cm³/mol. The number of aryl methyl sites for hydroxylation is 1. The average Bonchev–Trinajstić information content (AvgIpc) is 2.69. The van der Waals surface area contributed by atoms with Crippen LogP contribution in [0.3, 0.4) is 0 Å². The zero-order valence-corrected chi connectivity index (χ0v) is 7.45. The average molecular weight is 165 g/mol. The van der Waals surface area contributed by atoms with Crippen molar-refractivity contribution in [1.29, 1.82) is 0 Å². The van der Waals surface area contributed by atoms with Gasteiger partial charge in [-0.15, -0.1) is 0 Å². The topological polar surface area (TPSA) is 43.8 Å². The Bertz CT molecular complexity index is 273. The third kappa shape index (κ3) is 1.14. The van der Waals surface area contributed by atoms with Gasteiger partial charge in [0.05, 0.1) is 12.0 Å². The third-order valence-corrected chi connectivity index (χ3v) is 2.72. The first kappa shape index (κ1) is 7.80. The van der Waals surface area contributed by atoms with Gasteiger partial charge in [-0.1, -0.05) is 0 Å². The summed E-state index contributed by atoms with van der Waals surface area (Å²) >= 11 is 0. The molecule has 2 rings (SSSR count). The second-order valence-electron chi connectivity index (χ2n) is 3.74. The molecule has 0 bridgehead atoms. The van der Waals surface area contributed by atoms with Crippen molar-refractivity contribution in [2.75, 3.05) is 6.54 Å². The van der Waals surface area contributed by atoms with Crippen LogP contribution in [0.5, 0.6) is 0 Å². The van der Waals surface area contributed by atoms with E-state index in [4.69, 9.17) is 5.73 Å². The second kappa shape index (κ2) is 2.59. The lowest BCUT2D eigenvalue weighted by molar-refractivity contribution is 0.612. The summed E-state index contributed by atoms with van der Waals surface area (Å²) in [6.45, 7) is 0.774. The van der Waals surface area contributed by atoms with Crippen molar-refractivity contribution in [2.45, 2.75) is 24.7 Å². The molecule has 66 valence electrons. The third-order valence-electron chi connectivity index (χ3n) is 2.72. The molecule has 1 heterocycles. The monoisotopic (exact) mass is 165 g/mol. The minimum atomic E-state index is 0.357. The van der Waals surface area contributed by atoms with E-state index in [2.05, 4.69) is 11.2 Å². The van der Waals surface area contributed by atoms with Crippen LogP contribution < -0.4 is 5.73 Å². The maximum atomic E-state index is 5.56. The van der Waals surface area contributed by atoms with Gasteiger partial charge in [0.1, 0.15) is 0 Å². The highest BCUT2D eigenvalue weighted by Gasteiger charge is 2.44. The molecule has 12 heavy (non-hydrogen) atoms. The van der Waals surface area contributed by atoms with Gasteiger partial charge in [-0.2, -0.15) is 0 Å². The van der Waals surface area contributed by atoms with Gasteiger partial charge < -0.3 is 10.3 Å². The van der Waals surface area contributed by atoms with E-state index in [0.717, 1.165) is 13.0 Å². The fourth-order valence-electron chi connectivity index (χ4n) is 1.75. The molecule has 0 saturated heterocycles. The zero-order valence-electron chi connectivity index (χ0n) is 7.45. The number of aromatic nitrogens is 2. The van der Waals surface area contributed by atoms with Crippen LogP contribution in [0, 0.1) is 0 Å². The lowest BCUT2D eigenvalue weighted by Crippen LogP contribution is -2.13. The van der Waals surface area contributed by atoms with Crippen LogP contribution in [0.4, 0.5) is 0 Å². The number of imidazole rings is 1. The summed E-state index contributed by atoms with van der Waals surface area (Å²) in [6, 6.07) is 0. The molecule has 0 aliphatic heterocycles. The van der Waals surface area contributed by atoms with Gasteiger partial charge in [0, 0.05) is 18.7 Å². The molecule has 0 unspecified atom stereocenters. The molecule has 0 amide bonds. The molecule has 1 aromatic heterocycles. The SMILES string of the molecule is Cn1cnc(C2(CCN)CC2)c1. The van der Waals surface area contributed by atoms with Gasteiger partial charge in [0.25, 0.3) is 0 Å². The molecule has 3 heteroatoms. The lowest BCUT2D eigenvalue weighted by atomic mass is 9.99. The number of nitrogens with zero attached hydrogens (tertiary/aromatic N) is 2. The van der Waals surface area contributed by atoms with Gasteiger partial charge in [0.2, 0.25) is 0 Å². The van der Waals surface area contributed by atoms with Gasteiger partial charge in [-0.05, 0) is 25.8 Å². The van der Waals surface area contributed by atoms with Crippen LogP contribution in [0.2, 0.25) is 0 Å². The predicted octanol–water partition coefficient (Wildman–Crippen LogP) is 0.800. The Kier molecular flexibility index (Phi) is 1.68.